The minimum Gasteiger partial charge on any atom is -0.383 e. The highest BCUT2D eigenvalue weighted by Crippen LogP contribution is 2.32. The summed E-state index contributed by atoms with van der Waals surface area (Å²) in [6.45, 7) is 4.64. The second-order valence-corrected chi connectivity index (χ2v) is 8.67. The Balaban J connectivity index is 1.51. The lowest BCUT2D eigenvalue weighted by Crippen LogP contribution is -2.52. The molecule has 2 fully saturated rings. The van der Waals surface area contributed by atoms with E-state index in [1.165, 1.54) is 0 Å². The fourth-order valence-corrected chi connectivity index (χ4v) is 4.90. The number of hydrogen-bond donors (Lipinski definition) is 2. The van der Waals surface area contributed by atoms with E-state index < -0.39 is 6.04 Å². The van der Waals surface area contributed by atoms with Crippen LogP contribution < -0.4 is 11.1 Å². The van der Waals surface area contributed by atoms with Gasteiger partial charge in [-0.15, -0.1) is 0 Å². The Hall–Kier alpha value is -2.29. The van der Waals surface area contributed by atoms with Crippen molar-refractivity contribution in [1.29, 1.82) is 0 Å². The quantitative estimate of drug-likeness (QED) is 0.693. The van der Waals surface area contributed by atoms with E-state index in [9.17, 15) is 14.4 Å². The lowest BCUT2D eigenvalue weighted by molar-refractivity contribution is -0.136. The van der Waals surface area contributed by atoms with Gasteiger partial charge in [0.25, 0.3) is 5.91 Å². The number of nitrogens with one attached hydrogen (secondary N) is 1. The van der Waals surface area contributed by atoms with Gasteiger partial charge in [-0.3, -0.25) is 24.6 Å². The summed E-state index contributed by atoms with van der Waals surface area (Å²) in [5.41, 5.74) is 8.67. The number of piperidine rings is 1. The van der Waals surface area contributed by atoms with Crippen LogP contribution in [0.15, 0.2) is 18.2 Å². The maximum atomic E-state index is 13.0. The Morgan fingerprint density at radius 2 is 2.10 bits per heavy atom. The van der Waals surface area contributed by atoms with Crippen LogP contribution in [0.2, 0.25) is 0 Å². The van der Waals surface area contributed by atoms with Gasteiger partial charge in [-0.05, 0) is 37.0 Å². The fourth-order valence-electron chi connectivity index (χ4n) is 4.90. The molecule has 3 unspecified atom stereocenters. The predicted octanol–water partition coefficient (Wildman–Crippen LogP) is 0.386. The molecule has 2 saturated heterocycles. The normalized spacial score (nSPS) is 30.0. The number of imide groups is 1. The van der Waals surface area contributed by atoms with Gasteiger partial charge >= 0.3 is 0 Å². The van der Waals surface area contributed by atoms with Gasteiger partial charge in [-0.2, -0.15) is 0 Å². The molecule has 29 heavy (non-hydrogen) atoms. The second kappa shape index (κ2) is 7.51. The van der Waals surface area contributed by atoms with Crippen molar-refractivity contribution in [2.75, 3.05) is 20.3 Å². The summed E-state index contributed by atoms with van der Waals surface area (Å²) in [7, 11) is 1.70. The lowest BCUT2D eigenvalue weighted by Gasteiger charge is -2.34. The van der Waals surface area contributed by atoms with E-state index >= 15 is 0 Å². The molecular weight excluding hydrogens is 372 g/mol. The molecular formula is C21H28N4O4. The third-order valence-electron chi connectivity index (χ3n) is 6.34. The average molecular weight is 400 g/mol. The number of carbonyl (C=O) groups is 3. The summed E-state index contributed by atoms with van der Waals surface area (Å²) in [5.74, 6) is -0.807. The number of rotatable bonds is 5. The Kier molecular flexibility index (Phi) is 5.18. The molecule has 3 heterocycles. The monoisotopic (exact) mass is 400 g/mol. The second-order valence-electron chi connectivity index (χ2n) is 8.67. The van der Waals surface area contributed by atoms with Gasteiger partial charge < -0.3 is 15.4 Å². The molecule has 3 N–H and O–H groups in total. The van der Waals surface area contributed by atoms with Crippen molar-refractivity contribution in [2.45, 2.75) is 56.9 Å². The molecule has 4 rings (SSSR count). The minimum atomic E-state index is -0.586. The maximum Gasteiger partial charge on any atom is 0.255 e. The van der Waals surface area contributed by atoms with E-state index in [1.54, 1.807) is 12.0 Å². The van der Waals surface area contributed by atoms with E-state index in [1.807, 2.05) is 18.2 Å². The van der Waals surface area contributed by atoms with Crippen LogP contribution in [0, 0.1) is 0 Å². The largest absolute Gasteiger partial charge is 0.383 e. The Morgan fingerprint density at radius 1 is 1.31 bits per heavy atom. The molecule has 0 aromatic heterocycles. The van der Waals surface area contributed by atoms with E-state index in [0.29, 0.717) is 31.7 Å². The number of carbonyl (C=O) groups excluding carboxylic acids is 3. The molecule has 0 saturated carbocycles. The molecule has 1 aromatic carbocycles. The summed E-state index contributed by atoms with van der Waals surface area (Å²) in [6.07, 6.45) is 1.50. The molecule has 3 aliphatic rings. The number of likely N-dealkylation sites (tertiary alicyclic amines) is 1. The number of benzene rings is 1. The van der Waals surface area contributed by atoms with Crippen molar-refractivity contribution in [3.63, 3.8) is 0 Å². The molecule has 3 atom stereocenters. The number of nitrogens with two attached hydrogens (primary N) is 1. The summed E-state index contributed by atoms with van der Waals surface area (Å²) in [6, 6.07) is 5.46. The third kappa shape index (κ3) is 3.68. The summed E-state index contributed by atoms with van der Waals surface area (Å²) < 4.78 is 5.42. The third-order valence-corrected chi connectivity index (χ3v) is 6.34. The Bertz CT molecular complexity index is 857. The van der Waals surface area contributed by atoms with E-state index in [2.05, 4.69) is 17.1 Å². The predicted molar refractivity (Wildman–Crippen MR) is 106 cm³/mol. The van der Waals surface area contributed by atoms with Crippen LogP contribution in [0.25, 0.3) is 0 Å². The molecule has 0 radical (unpaired) electrons. The van der Waals surface area contributed by atoms with Crippen molar-refractivity contribution in [1.82, 2.24) is 15.1 Å². The van der Waals surface area contributed by atoms with Gasteiger partial charge in [0, 0.05) is 50.3 Å². The van der Waals surface area contributed by atoms with Crippen LogP contribution >= 0.6 is 0 Å². The van der Waals surface area contributed by atoms with Crippen molar-refractivity contribution in [3.8, 4) is 0 Å². The number of amides is 3. The molecule has 0 aliphatic carbocycles. The highest BCUT2D eigenvalue weighted by molar-refractivity contribution is 6.05. The van der Waals surface area contributed by atoms with Crippen molar-refractivity contribution < 1.29 is 19.1 Å². The first-order chi connectivity index (χ1) is 13.8. The van der Waals surface area contributed by atoms with Gasteiger partial charge in [0.05, 0.1) is 6.61 Å². The molecule has 3 amide bonds. The smallest absolute Gasteiger partial charge is 0.255 e. The van der Waals surface area contributed by atoms with Gasteiger partial charge in [0.2, 0.25) is 11.8 Å². The van der Waals surface area contributed by atoms with E-state index in [0.717, 1.165) is 24.1 Å². The SMILES string of the molecule is COCC1(C)CC(N)CN1Cc1ccc2c(c1)C(=O)N(C1CCC(=O)NC1=O)C2. The van der Waals surface area contributed by atoms with Crippen molar-refractivity contribution in [2.24, 2.45) is 5.73 Å². The molecule has 8 heteroatoms. The van der Waals surface area contributed by atoms with Gasteiger partial charge in [0.1, 0.15) is 6.04 Å². The minimum absolute atomic E-state index is 0.106. The van der Waals surface area contributed by atoms with Crippen LogP contribution in [0.5, 0.6) is 0 Å². The van der Waals surface area contributed by atoms with Crippen LogP contribution in [-0.2, 0) is 27.4 Å². The molecule has 156 valence electrons. The van der Waals surface area contributed by atoms with Crippen molar-refractivity contribution in [3.05, 3.63) is 34.9 Å². The molecule has 0 spiro atoms. The first kappa shape index (κ1) is 20.0. The number of methoxy groups -OCH3 is 1. The van der Waals surface area contributed by atoms with Crippen LogP contribution in [0.1, 0.15) is 47.7 Å². The van der Waals surface area contributed by atoms with Gasteiger partial charge in [-0.25, -0.2) is 0 Å². The number of ether oxygens (including phenoxy) is 1. The van der Waals surface area contributed by atoms with E-state index in [-0.39, 0.29) is 35.7 Å². The topological polar surface area (TPSA) is 105 Å². The van der Waals surface area contributed by atoms with E-state index in [4.69, 9.17) is 10.5 Å². The van der Waals surface area contributed by atoms with Crippen LogP contribution in [-0.4, -0.2) is 65.4 Å². The van der Waals surface area contributed by atoms with Crippen LogP contribution in [0.3, 0.4) is 0 Å². The maximum absolute atomic E-state index is 13.0. The zero-order valence-corrected chi connectivity index (χ0v) is 16.9. The lowest BCUT2D eigenvalue weighted by atomic mass is 9.98. The Labute approximate surface area is 170 Å². The molecule has 0 bridgehead atoms. The number of fused-ring (bicyclic) bond motifs is 1. The Morgan fingerprint density at radius 3 is 2.83 bits per heavy atom. The standard InChI is InChI=1S/C21H28N4O4/c1-21(12-29-2)8-15(22)11-24(21)9-13-3-4-14-10-25(20(28)16(14)7-13)17-5-6-18(26)23-19(17)27/h3-4,7,15,17H,5-6,8-12,22H2,1-2H3,(H,23,26,27). The highest BCUT2D eigenvalue weighted by Gasteiger charge is 2.42. The zero-order chi connectivity index (χ0) is 20.8. The fraction of sp³-hybridized carbons (Fsp3) is 0.571. The summed E-state index contributed by atoms with van der Waals surface area (Å²) in [4.78, 5) is 40.5. The average Bonchev–Trinajstić information content (AvgIpc) is 3.12. The number of nitrogens with zero attached hydrogens (tertiary/aromatic N) is 2. The van der Waals surface area contributed by atoms with Crippen LogP contribution in [0.4, 0.5) is 0 Å². The molecule has 3 aliphatic heterocycles. The number of hydrogen-bond acceptors (Lipinski definition) is 6. The first-order valence-electron chi connectivity index (χ1n) is 10.1. The summed E-state index contributed by atoms with van der Waals surface area (Å²) in [5, 5.41) is 2.34. The van der Waals surface area contributed by atoms with Gasteiger partial charge in [-0.1, -0.05) is 12.1 Å². The van der Waals surface area contributed by atoms with Crippen molar-refractivity contribution >= 4 is 17.7 Å². The zero-order valence-electron chi connectivity index (χ0n) is 16.9. The summed E-state index contributed by atoms with van der Waals surface area (Å²) >= 11 is 0. The van der Waals surface area contributed by atoms with Gasteiger partial charge in [0.15, 0.2) is 0 Å². The highest BCUT2D eigenvalue weighted by atomic mass is 16.5. The first-order valence-corrected chi connectivity index (χ1v) is 10.1. The molecule has 1 aromatic rings. The molecule has 8 nitrogen and oxygen atoms in total.